The number of hydrogen-bond acceptors (Lipinski definition) is 7. The number of aliphatic hydroxyl groups is 1. The lowest BCUT2D eigenvalue weighted by Gasteiger charge is -2.25. The molecule has 0 bridgehead atoms. The molecular formula is C33H52F2N5O2PS. The Morgan fingerprint density at radius 3 is 2.43 bits per heavy atom. The molecule has 1 aromatic carbocycles. The number of allylic oxidation sites excluding steroid dienone is 3. The van der Waals surface area contributed by atoms with E-state index in [0.29, 0.717) is 4.70 Å². The Hall–Kier alpha value is -2.65. The summed E-state index contributed by atoms with van der Waals surface area (Å²) in [4.78, 5) is 23.7. The number of aliphatic hydroxyl groups excluding tert-OH is 1. The molecule has 0 fully saturated rings. The molecule has 0 radical (unpaired) electrons. The summed E-state index contributed by atoms with van der Waals surface area (Å²) in [5.74, 6) is 0. The number of benzene rings is 1. The van der Waals surface area contributed by atoms with Crippen LogP contribution in [0.15, 0.2) is 54.1 Å². The second-order valence-corrected chi connectivity index (χ2v) is 11.9. The first-order valence-electron chi connectivity index (χ1n) is 15.4. The third-order valence-corrected chi connectivity index (χ3v) is 8.23. The normalized spacial score (nSPS) is 14.1. The summed E-state index contributed by atoms with van der Waals surface area (Å²) in [6.07, 6.45) is 9.02. The maximum atomic E-state index is 13.3. The molecule has 3 heterocycles. The molecule has 44 heavy (non-hydrogen) atoms. The Balaban J connectivity index is 0.000000692. The molecule has 2 N–H and O–H groups in total. The van der Waals surface area contributed by atoms with Gasteiger partial charge in [0.05, 0.1) is 28.7 Å². The van der Waals surface area contributed by atoms with Crippen LogP contribution in [0.1, 0.15) is 72.6 Å². The van der Waals surface area contributed by atoms with Gasteiger partial charge in [-0.15, -0.1) is 17.9 Å². The Kier molecular flexibility index (Phi) is 17.6. The predicted octanol–water partition coefficient (Wildman–Crippen LogP) is 8.24. The fourth-order valence-electron chi connectivity index (χ4n) is 4.31. The second-order valence-electron chi connectivity index (χ2n) is 9.99. The van der Waals surface area contributed by atoms with Crippen LogP contribution in [0.3, 0.4) is 0 Å². The minimum absolute atomic E-state index is 0.0109. The van der Waals surface area contributed by atoms with Crippen molar-refractivity contribution in [1.82, 2.24) is 14.5 Å². The van der Waals surface area contributed by atoms with E-state index in [1.165, 1.54) is 31.8 Å². The Bertz CT molecular complexity index is 1390. The van der Waals surface area contributed by atoms with Crippen molar-refractivity contribution in [3.8, 4) is 5.69 Å². The van der Waals surface area contributed by atoms with Gasteiger partial charge in [-0.25, -0.2) is 4.98 Å². The summed E-state index contributed by atoms with van der Waals surface area (Å²) in [5.41, 5.74) is 2.13. The summed E-state index contributed by atoms with van der Waals surface area (Å²) in [7, 11) is 3.37. The van der Waals surface area contributed by atoms with Crippen molar-refractivity contribution in [3.63, 3.8) is 0 Å². The van der Waals surface area contributed by atoms with Crippen LogP contribution in [0.5, 0.6) is 0 Å². The molecule has 2 unspecified atom stereocenters. The van der Waals surface area contributed by atoms with Crippen molar-refractivity contribution in [2.75, 3.05) is 43.5 Å². The van der Waals surface area contributed by atoms with Crippen LogP contribution < -0.4 is 15.8 Å². The summed E-state index contributed by atoms with van der Waals surface area (Å²) in [5, 5.41) is 11.2. The number of anilines is 2. The lowest BCUT2D eigenvalue weighted by Crippen LogP contribution is -2.35. The van der Waals surface area contributed by atoms with Crippen LogP contribution in [0.25, 0.3) is 21.5 Å². The third kappa shape index (κ3) is 11.4. The van der Waals surface area contributed by atoms with Gasteiger partial charge in [0.1, 0.15) is 17.6 Å². The molecule has 11 heteroatoms. The molecule has 4 rings (SSSR count). The quantitative estimate of drug-likeness (QED) is 0.170. The highest BCUT2D eigenvalue weighted by Crippen LogP contribution is 2.36. The number of aromatic nitrogens is 2. The van der Waals surface area contributed by atoms with Crippen LogP contribution >= 0.6 is 20.6 Å². The van der Waals surface area contributed by atoms with Crippen molar-refractivity contribution in [2.24, 2.45) is 0 Å². The van der Waals surface area contributed by atoms with Crippen LogP contribution in [0.2, 0.25) is 0 Å². The summed E-state index contributed by atoms with van der Waals surface area (Å²) >= 11 is 1.54. The second kappa shape index (κ2) is 19.7. The Morgan fingerprint density at radius 1 is 1.27 bits per heavy atom. The summed E-state index contributed by atoms with van der Waals surface area (Å²) in [6.45, 7) is 20.1. The van der Waals surface area contributed by atoms with Crippen molar-refractivity contribution < 1.29 is 13.9 Å². The molecule has 7 nitrogen and oxygen atoms in total. The van der Waals surface area contributed by atoms with Gasteiger partial charge in [-0.05, 0) is 83.1 Å². The van der Waals surface area contributed by atoms with E-state index in [2.05, 4.69) is 79.6 Å². The van der Waals surface area contributed by atoms with Gasteiger partial charge in [-0.3, -0.25) is 9.36 Å². The molecule has 0 saturated heterocycles. The fourth-order valence-corrected chi connectivity index (χ4v) is 5.50. The summed E-state index contributed by atoms with van der Waals surface area (Å²) in [6, 6.07) is 8.24. The van der Waals surface area contributed by atoms with Gasteiger partial charge in [-0.1, -0.05) is 56.0 Å². The molecular weight excluding hydrogens is 599 g/mol. The average molecular weight is 652 g/mol. The first-order chi connectivity index (χ1) is 20.9. The minimum Gasteiger partial charge on any atom is -0.390 e. The number of halogens is 2. The zero-order chi connectivity index (χ0) is 33.4. The lowest BCUT2D eigenvalue weighted by molar-refractivity contribution is 0.0351. The van der Waals surface area contributed by atoms with Gasteiger partial charge in [-0.2, -0.15) is 8.78 Å². The number of nitrogens with zero attached hydrogens (tertiary/aromatic N) is 4. The number of alkyl halides is 2. The standard InChI is InChI=1S/C25H33N5OS.C4H8.C2H5F2OP.C2H6/c1-6-18(7-2)23-15-21-24(32-23)25(31)30(16-26-21)19-10-11-22-20(14-19)27-17(4)29(22)13-9-12-28(5)8-3;1-3-4-2;3-2(4,6)1-5;1-2/h6,10-11,14-17,27H,7-9,12-13H2,1-5H3;3H,1,4H2,2H3;5H,1,6H2;1-2H3/b18-6+;;;. The van der Waals surface area contributed by atoms with Crippen molar-refractivity contribution in [3.05, 3.63) is 64.6 Å². The number of fused-ring (bicyclic) bond motifs is 2. The molecule has 0 spiro atoms. The van der Waals surface area contributed by atoms with E-state index < -0.39 is 12.3 Å². The third-order valence-electron chi connectivity index (χ3n) is 6.86. The van der Waals surface area contributed by atoms with Crippen LogP contribution in [0.4, 0.5) is 20.2 Å². The van der Waals surface area contributed by atoms with Crippen molar-refractivity contribution in [2.45, 2.75) is 79.6 Å². The SMILES string of the molecule is C/C=C(\CC)c1cc2ncn(-c3ccc4c(c3)NC(C)N4CCCN(C)CC)c(=O)c2s1.C=CCC.CC.OCC(F)(F)P. The smallest absolute Gasteiger partial charge is 0.281 e. The largest absolute Gasteiger partial charge is 0.390 e. The molecule has 2 aromatic heterocycles. The van der Waals surface area contributed by atoms with Gasteiger partial charge in [0.2, 0.25) is 0 Å². The molecule has 2 atom stereocenters. The van der Waals surface area contributed by atoms with E-state index in [1.807, 2.05) is 39.0 Å². The number of hydrogen-bond donors (Lipinski definition) is 2. The molecule has 1 aliphatic rings. The zero-order valence-electron chi connectivity index (χ0n) is 27.7. The molecule has 1 aliphatic heterocycles. The first-order valence-corrected chi connectivity index (χ1v) is 16.7. The van der Waals surface area contributed by atoms with E-state index in [4.69, 9.17) is 5.11 Å². The van der Waals surface area contributed by atoms with Crippen LogP contribution in [-0.2, 0) is 0 Å². The van der Waals surface area contributed by atoms with Crippen LogP contribution in [0, 0.1) is 0 Å². The highest BCUT2D eigenvalue weighted by Gasteiger charge is 2.25. The monoisotopic (exact) mass is 651 g/mol. The molecule has 0 saturated carbocycles. The minimum atomic E-state index is -2.99. The maximum absolute atomic E-state index is 13.3. The molecule has 3 aromatic rings. The number of thiophene rings is 1. The lowest BCUT2D eigenvalue weighted by atomic mass is 10.1. The van der Waals surface area contributed by atoms with E-state index in [0.717, 1.165) is 60.7 Å². The average Bonchev–Trinajstić information content (AvgIpc) is 3.59. The van der Waals surface area contributed by atoms with E-state index in [9.17, 15) is 13.6 Å². The van der Waals surface area contributed by atoms with Gasteiger partial charge >= 0.3 is 0 Å². The first kappa shape index (κ1) is 39.4. The molecule has 0 aliphatic carbocycles. The van der Waals surface area contributed by atoms with Gasteiger partial charge < -0.3 is 20.2 Å². The number of nitrogens with one attached hydrogen (secondary N) is 1. The predicted molar refractivity (Wildman–Crippen MR) is 191 cm³/mol. The van der Waals surface area contributed by atoms with Crippen LogP contribution in [-0.4, -0.2) is 64.7 Å². The van der Waals surface area contributed by atoms with Gasteiger partial charge in [0.25, 0.3) is 11.2 Å². The number of rotatable bonds is 10. The molecule has 0 amide bonds. The van der Waals surface area contributed by atoms with Crippen molar-refractivity contribution in [1.29, 1.82) is 0 Å². The van der Waals surface area contributed by atoms with E-state index in [1.54, 1.807) is 10.9 Å². The summed E-state index contributed by atoms with van der Waals surface area (Å²) < 4.78 is 24.7. The maximum Gasteiger partial charge on any atom is 0.281 e. The highest BCUT2D eigenvalue weighted by atomic mass is 32.1. The Labute approximate surface area is 268 Å². The Morgan fingerprint density at radius 2 is 1.91 bits per heavy atom. The molecule has 246 valence electrons. The van der Waals surface area contributed by atoms with E-state index >= 15 is 0 Å². The van der Waals surface area contributed by atoms with Gasteiger partial charge in [0, 0.05) is 11.4 Å². The fraction of sp³-hybridized carbons (Fsp3) is 0.515. The van der Waals surface area contributed by atoms with E-state index in [-0.39, 0.29) is 11.7 Å². The van der Waals surface area contributed by atoms with Gasteiger partial charge in [0.15, 0.2) is 0 Å². The topological polar surface area (TPSA) is 73.6 Å². The zero-order valence-corrected chi connectivity index (χ0v) is 29.6. The highest BCUT2D eigenvalue weighted by molar-refractivity contribution is 7.19. The van der Waals surface area contributed by atoms with Crippen molar-refractivity contribution >= 4 is 47.7 Å².